The zero-order valence-corrected chi connectivity index (χ0v) is 12.5. The maximum Gasteiger partial charge on any atom is 0.328 e. The van der Waals surface area contributed by atoms with Gasteiger partial charge in [0.15, 0.2) is 0 Å². The van der Waals surface area contributed by atoms with Crippen LogP contribution in [0.3, 0.4) is 0 Å². The number of hydrogen-bond acceptors (Lipinski definition) is 3. The molecule has 1 aliphatic heterocycles. The lowest BCUT2D eigenvalue weighted by Gasteiger charge is -2.34. The van der Waals surface area contributed by atoms with E-state index in [-0.39, 0.29) is 23.1 Å². The van der Waals surface area contributed by atoms with E-state index in [0.29, 0.717) is 13.0 Å². The lowest BCUT2D eigenvalue weighted by molar-refractivity contribution is -0.149. The molecule has 1 fully saturated rings. The van der Waals surface area contributed by atoms with Gasteiger partial charge in [-0.15, -0.1) is 0 Å². The van der Waals surface area contributed by atoms with Gasteiger partial charge in [0, 0.05) is 6.54 Å². The number of nitrogens with zero attached hydrogens (tertiary/aromatic N) is 1. The van der Waals surface area contributed by atoms with Crippen LogP contribution in [0.25, 0.3) is 0 Å². The monoisotopic (exact) mass is 313 g/mol. The van der Waals surface area contributed by atoms with E-state index in [1.807, 2.05) is 0 Å². The second-order valence-electron chi connectivity index (χ2n) is 4.89. The average molecular weight is 314 g/mol. The fourth-order valence-corrected chi connectivity index (χ4v) is 2.72. The van der Waals surface area contributed by atoms with Crippen molar-refractivity contribution in [3.8, 4) is 0 Å². The fraction of sp³-hybridized carbons (Fsp3) is 0.467. The van der Waals surface area contributed by atoms with Gasteiger partial charge in [0.25, 0.3) is 5.91 Å². The summed E-state index contributed by atoms with van der Waals surface area (Å²) in [5, 5.41) is 0.0492. The number of halogens is 2. The van der Waals surface area contributed by atoms with Gasteiger partial charge in [0.2, 0.25) is 0 Å². The van der Waals surface area contributed by atoms with Crippen LogP contribution in [0.15, 0.2) is 18.2 Å². The first-order valence-electron chi connectivity index (χ1n) is 6.97. The first kappa shape index (κ1) is 15.8. The van der Waals surface area contributed by atoms with E-state index in [2.05, 4.69) is 0 Å². The summed E-state index contributed by atoms with van der Waals surface area (Å²) in [6.45, 7) is 2.47. The van der Waals surface area contributed by atoms with Crippen LogP contribution in [0.4, 0.5) is 4.39 Å². The van der Waals surface area contributed by atoms with Crippen molar-refractivity contribution >= 4 is 23.5 Å². The van der Waals surface area contributed by atoms with Gasteiger partial charge in [0.1, 0.15) is 11.9 Å². The van der Waals surface area contributed by atoms with Crippen LogP contribution in [-0.4, -0.2) is 36.0 Å². The molecule has 0 N–H and O–H groups in total. The van der Waals surface area contributed by atoms with E-state index in [4.69, 9.17) is 16.3 Å². The summed E-state index contributed by atoms with van der Waals surface area (Å²) in [7, 11) is 0. The molecule has 114 valence electrons. The van der Waals surface area contributed by atoms with Crippen LogP contribution in [0.2, 0.25) is 5.02 Å². The van der Waals surface area contributed by atoms with Crippen LogP contribution >= 0.6 is 11.6 Å². The summed E-state index contributed by atoms with van der Waals surface area (Å²) in [5.74, 6) is -1.27. The van der Waals surface area contributed by atoms with Crippen molar-refractivity contribution in [1.82, 2.24) is 4.90 Å². The maximum atomic E-state index is 13.1. The molecule has 1 amide bonds. The molecule has 21 heavy (non-hydrogen) atoms. The minimum Gasteiger partial charge on any atom is -0.464 e. The Bertz CT molecular complexity index is 550. The Morgan fingerprint density at radius 2 is 2.19 bits per heavy atom. The first-order valence-corrected chi connectivity index (χ1v) is 7.35. The third-order valence-electron chi connectivity index (χ3n) is 3.48. The highest BCUT2D eigenvalue weighted by Gasteiger charge is 2.34. The van der Waals surface area contributed by atoms with Gasteiger partial charge in [-0.2, -0.15) is 0 Å². The molecule has 1 saturated heterocycles. The summed E-state index contributed by atoms with van der Waals surface area (Å²) in [6, 6.07) is 3.03. The van der Waals surface area contributed by atoms with Crippen LogP contribution < -0.4 is 0 Å². The van der Waals surface area contributed by atoms with Crippen LogP contribution in [-0.2, 0) is 9.53 Å². The highest BCUT2D eigenvalue weighted by molar-refractivity contribution is 6.33. The number of likely N-dealkylation sites (tertiary alicyclic amines) is 1. The van der Waals surface area contributed by atoms with Crippen LogP contribution in [0.1, 0.15) is 36.5 Å². The Balaban J connectivity index is 2.24. The Kier molecular flexibility index (Phi) is 5.17. The second-order valence-corrected chi connectivity index (χ2v) is 5.29. The number of amides is 1. The quantitative estimate of drug-likeness (QED) is 0.806. The number of piperidine rings is 1. The fourth-order valence-electron chi connectivity index (χ4n) is 2.48. The van der Waals surface area contributed by atoms with Crippen molar-refractivity contribution < 1.29 is 18.7 Å². The van der Waals surface area contributed by atoms with Gasteiger partial charge in [-0.3, -0.25) is 4.79 Å². The summed E-state index contributed by atoms with van der Waals surface area (Å²) in [5.41, 5.74) is 0.203. The molecule has 0 radical (unpaired) electrons. The standard InChI is InChI=1S/C15H17ClFNO3/c1-2-21-15(20)13-5-3-4-8-18(13)14(19)11-7-6-10(17)9-12(11)16/h6-7,9,13H,2-5,8H2,1H3. The van der Waals surface area contributed by atoms with Gasteiger partial charge in [-0.05, 0) is 44.4 Å². The molecule has 1 aliphatic rings. The third kappa shape index (κ3) is 3.53. The van der Waals surface area contributed by atoms with E-state index in [1.165, 1.54) is 17.0 Å². The second kappa shape index (κ2) is 6.89. The minimum atomic E-state index is -0.590. The molecular weight excluding hydrogens is 297 g/mol. The predicted octanol–water partition coefficient (Wildman–Crippen LogP) is 3.04. The summed E-state index contributed by atoms with van der Waals surface area (Å²) in [4.78, 5) is 26.0. The highest BCUT2D eigenvalue weighted by atomic mass is 35.5. The highest BCUT2D eigenvalue weighted by Crippen LogP contribution is 2.24. The van der Waals surface area contributed by atoms with E-state index in [0.717, 1.165) is 18.9 Å². The number of carbonyl (C=O) groups excluding carboxylic acids is 2. The van der Waals surface area contributed by atoms with Crippen molar-refractivity contribution in [2.24, 2.45) is 0 Å². The van der Waals surface area contributed by atoms with Crippen LogP contribution in [0.5, 0.6) is 0 Å². The van der Waals surface area contributed by atoms with Gasteiger partial charge in [-0.25, -0.2) is 9.18 Å². The number of benzene rings is 1. The number of ether oxygens (including phenoxy) is 1. The summed E-state index contributed by atoms with van der Waals surface area (Å²) < 4.78 is 18.1. The molecule has 0 aliphatic carbocycles. The molecule has 1 aromatic rings. The van der Waals surface area contributed by atoms with Crippen molar-refractivity contribution in [1.29, 1.82) is 0 Å². The zero-order valence-electron chi connectivity index (χ0n) is 11.8. The third-order valence-corrected chi connectivity index (χ3v) is 3.80. The molecular formula is C15H17ClFNO3. The molecule has 1 unspecified atom stereocenters. The largest absolute Gasteiger partial charge is 0.464 e. The molecule has 0 bridgehead atoms. The topological polar surface area (TPSA) is 46.6 Å². The Labute approximate surface area is 127 Å². The maximum absolute atomic E-state index is 13.1. The number of esters is 1. The molecule has 4 nitrogen and oxygen atoms in total. The average Bonchev–Trinajstić information content (AvgIpc) is 2.47. The molecule has 0 aromatic heterocycles. The molecule has 2 rings (SSSR count). The first-order chi connectivity index (χ1) is 10.0. The van der Waals surface area contributed by atoms with E-state index in [1.54, 1.807) is 6.92 Å². The zero-order chi connectivity index (χ0) is 15.4. The SMILES string of the molecule is CCOC(=O)C1CCCCN1C(=O)c1ccc(F)cc1Cl. The minimum absolute atomic E-state index is 0.0492. The van der Waals surface area contributed by atoms with E-state index < -0.39 is 17.8 Å². The number of rotatable bonds is 3. The van der Waals surface area contributed by atoms with Gasteiger partial charge >= 0.3 is 5.97 Å². The Morgan fingerprint density at radius 3 is 2.86 bits per heavy atom. The van der Waals surface area contributed by atoms with Crippen molar-refractivity contribution in [2.45, 2.75) is 32.2 Å². The molecule has 1 aromatic carbocycles. The molecule has 0 spiro atoms. The number of carbonyl (C=O) groups is 2. The molecule has 0 saturated carbocycles. The predicted molar refractivity (Wildman–Crippen MR) is 76.7 cm³/mol. The van der Waals surface area contributed by atoms with Gasteiger partial charge < -0.3 is 9.64 Å². The Hall–Kier alpha value is -1.62. The molecule has 6 heteroatoms. The van der Waals surface area contributed by atoms with Crippen molar-refractivity contribution in [3.63, 3.8) is 0 Å². The summed E-state index contributed by atoms with van der Waals surface area (Å²) in [6.07, 6.45) is 2.26. The summed E-state index contributed by atoms with van der Waals surface area (Å²) >= 11 is 5.93. The van der Waals surface area contributed by atoms with E-state index in [9.17, 15) is 14.0 Å². The smallest absolute Gasteiger partial charge is 0.328 e. The van der Waals surface area contributed by atoms with Gasteiger partial charge in [0.05, 0.1) is 17.2 Å². The lowest BCUT2D eigenvalue weighted by Crippen LogP contribution is -2.48. The van der Waals surface area contributed by atoms with Crippen molar-refractivity contribution in [2.75, 3.05) is 13.2 Å². The molecule has 1 atom stereocenters. The number of hydrogen-bond donors (Lipinski definition) is 0. The van der Waals surface area contributed by atoms with Gasteiger partial charge in [-0.1, -0.05) is 11.6 Å². The van der Waals surface area contributed by atoms with Crippen molar-refractivity contribution in [3.05, 3.63) is 34.6 Å². The molecule has 1 heterocycles. The van der Waals surface area contributed by atoms with Crippen LogP contribution in [0, 0.1) is 5.82 Å². The lowest BCUT2D eigenvalue weighted by atomic mass is 10.0. The van der Waals surface area contributed by atoms with E-state index >= 15 is 0 Å². The Morgan fingerprint density at radius 1 is 1.43 bits per heavy atom. The normalized spacial score (nSPS) is 18.4.